The maximum atomic E-state index is 12.4. The molecule has 1 saturated heterocycles. The second-order valence-corrected chi connectivity index (χ2v) is 7.56. The quantitative estimate of drug-likeness (QED) is 0.590. The van der Waals surface area contributed by atoms with E-state index in [0.29, 0.717) is 18.9 Å². The highest BCUT2D eigenvalue weighted by molar-refractivity contribution is 5.20. The van der Waals surface area contributed by atoms with Gasteiger partial charge in [-0.3, -0.25) is 14.7 Å². The summed E-state index contributed by atoms with van der Waals surface area (Å²) in [6, 6.07) is 17.6. The van der Waals surface area contributed by atoms with Gasteiger partial charge in [0.05, 0.1) is 5.69 Å². The summed E-state index contributed by atoms with van der Waals surface area (Å²) in [5.74, 6) is 0.600. The van der Waals surface area contributed by atoms with E-state index in [1.54, 1.807) is 16.8 Å². The molecule has 1 aliphatic heterocycles. The Balaban J connectivity index is 1.29. The molecule has 3 heterocycles. The molecule has 2 aromatic heterocycles. The average molecular weight is 389 g/mol. The highest BCUT2D eigenvalue weighted by Crippen LogP contribution is 2.13. The molecule has 0 spiro atoms. The normalized spacial score (nSPS) is 14.2. The first-order valence-corrected chi connectivity index (χ1v) is 10.3. The summed E-state index contributed by atoms with van der Waals surface area (Å²) in [6.07, 6.45) is 7.11. The average Bonchev–Trinajstić information content (AvgIpc) is 3.26. The van der Waals surface area contributed by atoms with E-state index in [4.69, 9.17) is 4.74 Å². The van der Waals surface area contributed by atoms with E-state index in [2.05, 4.69) is 22.0 Å². The Kier molecular flexibility index (Phi) is 6.37. The zero-order chi connectivity index (χ0) is 19.9. The highest BCUT2D eigenvalue weighted by Gasteiger charge is 2.12. The molecule has 0 N–H and O–H groups in total. The van der Waals surface area contributed by atoms with Crippen LogP contribution in [0.15, 0.2) is 71.8 Å². The van der Waals surface area contributed by atoms with E-state index in [1.165, 1.54) is 25.9 Å². The molecule has 1 aliphatic rings. The summed E-state index contributed by atoms with van der Waals surface area (Å²) < 4.78 is 7.45. The number of hydrogen-bond acceptors (Lipinski definition) is 4. The van der Waals surface area contributed by atoms with Gasteiger partial charge in [0.1, 0.15) is 12.4 Å². The lowest BCUT2D eigenvalue weighted by molar-refractivity contribution is 0.305. The molecule has 0 saturated carbocycles. The number of nitrogens with zero attached hydrogens (tertiary/aromatic N) is 3. The van der Waals surface area contributed by atoms with Gasteiger partial charge in [-0.1, -0.05) is 36.4 Å². The molecule has 3 aromatic rings. The van der Waals surface area contributed by atoms with Crippen molar-refractivity contribution in [3.8, 4) is 5.75 Å². The van der Waals surface area contributed by atoms with Crippen LogP contribution in [-0.4, -0.2) is 27.5 Å². The number of aromatic nitrogens is 2. The van der Waals surface area contributed by atoms with Crippen LogP contribution in [0, 0.1) is 0 Å². The first kappa shape index (κ1) is 19.4. The van der Waals surface area contributed by atoms with Crippen LogP contribution in [0.4, 0.5) is 0 Å². The van der Waals surface area contributed by atoms with Crippen molar-refractivity contribution in [3.05, 3.63) is 94.2 Å². The molecule has 29 heavy (non-hydrogen) atoms. The Bertz CT molecular complexity index is 961. The maximum Gasteiger partial charge on any atom is 0.254 e. The van der Waals surface area contributed by atoms with Crippen molar-refractivity contribution in [1.82, 2.24) is 14.5 Å². The standard InChI is InChI=1S/C24H27N3O2/c28-24-16-23(29-19-21-6-2-1-3-7-21)11-15-27(24)14-10-20-8-9-22(25-17-20)18-26-12-4-5-13-26/h1-3,6-9,11,15-17H,4-5,10,12-14,18-19H2. The van der Waals surface area contributed by atoms with Crippen LogP contribution in [0.3, 0.4) is 0 Å². The van der Waals surface area contributed by atoms with Gasteiger partial charge in [0.25, 0.3) is 5.56 Å². The van der Waals surface area contributed by atoms with Crippen molar-refractivity contribution in [2.75, 3.05) is 13.1 Å². The van der Waals surface area contributed by atoms with E-state index >= 15 is 0 Å². The molecule has 1 aromatic carbocycles. The van der Waals surface area contributed by atoms with Crippen molar-refractivity contribution in [2.45, 2.75) is 39.0 Å². The maximum absolute atomic E-state index is 12.4. The van der Waals surface area contributed by atoms with Gasteiger partial charge in [-0.25, -0.2) is 0 Å². The molecule has 5 heteroatoms. The van der Waals surface area contributed by atoms with E-state index in [1.807, 2.05) is 42.6 Å². The third-order valence-corrected chi connectivity index (χ3v) is 5.33. The molecule has 0 aliphatic carbocycles. The number of pyridine rings is 2. The molecule has 0 radical (unpaired) electrons. The minimum Gasteiger partial charge on any atom is -0.489 e. The van der Waals surface area contributed by atoms with E-state index in [0.717, 1.165) is 29.8 Å². The topological polar surface area (TPSA) is 47.4 Å². The Morgan fingerprint density at radius 1 is 0.966 bits per heavy atom. The second kappa shape index (κ2) is 9.52. The molecule has 150 valence electrons. The zero-order valence-electron chi connectivity index (χ0n) is 16.7. The largest absolute Gasteiger partial charge is 0.489 e. The molecular formula is C24H27N3O2. The third-order valence-electron chi connectivity index (χ3n) is 5.33. The summed E-state index contributed by atoms with van der Waals surface area (Å²) >= 11 is 0. The van der Waals surface area contributed by atoms with E-state index < -0.39 is 0 Å². The van der Waals surface area contributed by atoms with Crippen molar-refractivity contribution in [1.29, 1.82) is 0 Å². The van der Waals surface area contributed by atoms with Gasteiger partial charge in [0.15, 0.2) is 0 Å². The van der Waals surface area contributed by atoms with Crippen LogP contribution in [-0.2, 0) is 26.1 Å². The summed E-state index contributed by atoms with van der Waals surface area (Å²) in [5.41, 5.74) is 3.30. The Labute approximate surface area is 171 Å². The fraction of sp³-hybridized carbons (Fsp3) is 0.333. The van der Waals surface area contributed by atoms with Crippen LogP contribution in [0.2, 0.25) is 0 Å². The fourth-order valence-electron chi connectivity index (χ4n) is 3.62. The molecule has 5 nitrogen and oxygen atoms in total. The minimum atomic E-state index is -0.0471. The van der Waals surface area contributed by atoms with Gasteiger partial charge in [-0.05, 0) is 55.6 Å². The van der Waals surface area contributed by atoms with Gasteiger partial charge in [0.2, 0.25) is 0 Å². The first-order valence-electron chi connectivity index (χ1n) is 10.3. The number of rotatable bonds is 8. The Hall–Kier alpha value is -2.92. The van der Waals surface area contributed by atoms with Gasteiger partial charge >= 0.3 is 0 Å². The molecule has 0 atom stereocenters. The summed E-state index contributed by atoms with van der Waals surface area (Å²) in [5, 5.41) is 0. The molecule has 0 unspecified atom stereocenters. The number of ether oxygens (including phenoxy) is 1. The number of hydrogen-bond donors (Lipinski definition) is 0. The van der Waals surface area contributed by atoms with Gasteiger partial charge in [0, 0.05) is 31.5 Å². The summed E-state index contributed by atoms with van der Waals surface area (Å²) in [6.45, 7) is 4.38. The number of aryl methyl sites for hydroxylation is 2. The molecule has 1 fully saturated rings. The Morgan fingerprint density at radius 2 is 1.79 bits per heavy atom. The summed E-state index contributed by atoms with van der Waals surface area (Å²) in [4.78, 5) is 19.4. The van der Waals surface area contributed by atoms with Crippen LogP contribution < -0.4 is 10.3 Å². The fourth-order valence-corrected chi connectivity index (χ4v) is 3.62. The lowest BCUT2D eigenvalue weighted by Crippen LogP contribution is -2.20. The predicted molar refractivity (Wildman–Crippen MR) is 114 cm³/mol. The van der Waals surface area contributed by atoms with E-state index in [9.17, 15) is 4.79 Å². The number of benzene rings is 1. The lowest BCUT2D eigenvalue weighted by Gasteiger charge is -2.14. The van der Waals surface area contributed by atoms with Crippen molar-refractivity contribution in [3.63, 3.8) is 0 Å². The first-order chi connectivity index (χ1) is 14.3. The van der Waals surface area contributed by atoms with Crippen LogP contribution in [0.5, 0.6) is 5.75 Å². The molecule has 4 rings (SSSR count). The van der Waals surface area contributed by atoms with Crippen molar-refractivity contribution < 1.29 is 4.74 Å². The van der Waals surface area contributed by atoms with Gasteiger partial charge in [-0.2, -0.15) is 0 Å². The third kappa shape index (κ3) is 5.55. The van der Waals surface area contributed by atoms with Crippen LogP contribution >= 0.6 is 0 Å². The van der Waals surface area contributed by atoms with Crippen molar-refractivity contribution >= 4 is 0 Å². The van der Waals surface area contributed by atoms with Crippen LogP contribution in [0.25, 0.3) is 0 Å². The van der Waals surface area contributed by atoms with Gasteiger partial charge < -0.3 is 9.30 Å². The predicted octanol–water partition coefficient (Wildman–Crippen LogP) is 3.66. The monoisotopic (exact) mass is 389 g/mol. The summed E-state index contributed by atoms with van der Waals surface area (Å²) in [7, 11) is 0. The van der Waals surface area contributed by atoms with Gasteiger partial charge in [-0.15, -0.1) is 0 Å². The molecular weight excluding hydrogens is 362 g/mol. The zero-order valence-corrected chi connectivity index (χ0v) is 16.7. The SMILES string of the molecule is O=c1cc(OCc2ccccc2)ccn1CCc1ccc(CN2CCCC2)nc1. The second-order valence-electron chi connectivity index (χ2n) is 7.56. The lowest BCUT2D eigenvalue weighted by atomic mass is 10.2. The highest BCUT2D eigenvalue weighted by atomic mass is 16.5. The Morgan fingerprint density at radius 3 is 2.52 bits per heavy atom. The minimum absolute atomic E-state index is 0.0471. The molecule has 0 amide bonds. The molecule has 0 bridgehead atoms. The van der Waals surface area contributed by atoms with Crippen molar-refractivity contribution in [2.24, 2.45) is 0 Å². The van der Waals surface area contributed by atoms with E-state index in [-0.39, 0.29) is 5.56 Å². The number of likely N-dealkylation sites (tertiary alicyclic amines) is 1. The van der Waals surface area contributed by atoms with Crippen LogP contribution in [0.1, 0.15) is 29.7 Å². The smallest absolute Gasteiger partial charge is 0.254 e.